The lowest BCUT2D eigenvalue weighted by molar-refractivity contribution is -0.140. The predicted molar refractivity (Wildman–Crippen MR) is 137 cm³/mol. The van der Waals surface area contributed by atoms with Crippen molar-refractivity contribution < 1.29 is 31.9 Å². The van der Waals surface area contributed by atoms with E-state index in [4.69, 9.17) is 0 Å². The van der Waals surface area contributed by atoms with Crippen LogP contribution in [-0.4, -0.2) is 69.3 Å². The van der Waals surface area contributed by atoms with E-state index in [0.29, 0.717) is 24.6 Å². The third kappa shape index (κ3) is 8.77. The molecule has 5 rings (SSSR count). The van der Waals surface area contributed by atoms with E-state index in [2.05, 4.69) is 20.3 Å². The van der Waals surface area contributed by atoms with E-state index in [1.165, 1.54) is 50.6 Å². The van der Waals surface area contributed by atoms with Crippen LogP contribution in [0.3, 0.4) is 0 Å². The number of fused-ring (bicyclic) bond motifs is 1. The zero-order valence-electron chi connectivity index (χ0n) is 21.7. The summed E-state index contributed by atoms with van der Waals surface area (Å²) in [5, 5.41) is 15.9. The molecule has 2 aliphatic rings. The summed E-state index contributed by atoms with van der Waals surface area (Å²) < 4.78 is 64.4. The van der Waals surface area contributed by atoms with Crippen LogP contribution in [0.2, 0.25) is 0 Å². The second kappa shape index (κ2) is 14.4. The number of hydrogen-bond acceptors (Lipinski definition) is 6. The molecule has 1 saturated carbocycles. The molecule has 7 nitrogen and oxygen atoms in total. The van der Waals surface area contributed by atoms with Gasteiger partial charge < -0.3 is 10.4 Å². The molecule has 1 aromatic carbocycles. The lowest BCUT2D eigenvalue weighted by Gasteiger charge is -2.39. The maximum atomic E-state index is 13.2. The van der Waals surface area contributed by atoms with Gasteiger partial charge in [0.15, 0.2) is 11.9 Å². The van der Waals surface area contributed by atoms with Gasteiger partial charge in [0, 0.05) is 43.0 Å². The van der Waals surface area contributed by atoms with Gasteiger partial charge in [0.1, 0.15) is 18.3 Å². The van der Waals surface area contributed by atoms with Crippen molar-refractivity contribution in [2.45, 2.75) is 69.6 Å². The van der Waals surface area contributed by atoms with Crippen molar-refractivity contribution in [3.05, 3.63) is 65.4 Å². The van der Waals surface area contributed by atoms with Gasteiger partial charge in [-0.2, -0.15) is 18.3 Å². The normalized spacial score (nSPS) is 20.5. The number of nitrogens with zero attached hydrogens (tertiary/aromatic N) is 4. The lowest BCUT2D eigenvalue weighted by Crippen LogP contribution is -2.49. The van der Waals surface area contributed by atoms with E-state index < -0.39 is 29.8 Å². The molecule has 0 bridgehead atoms. The van der Waals surface area contributed by atoms with Gasteiger partial charge in [0.25, 0.3) is 0 Å². The Morgan fingerprint density at radius 3 is 2.51 bits per heavy atom. The highest BCUT2D eigenvalue weighted by Gasteiger charge is 2.34. The number of hydrogen-bond donors (Lipinski definition) is 2. The van der Waals surface area contributed by atoms with Crippen molar-refractivity contribution in [1.82, 2.24) is 24.8 Å². The van der Waals surface area contributed by atoms with E-state index in [1.54, 1.807) is 29.9 Å². The zero-order chi connectivity index (χ0) is 28.4. The molecule has 0 amide bonds. The number of aliphatic hydroxyl groups is 1. The first-order valence-corrected chi connectivity index (χ1v) is 12.9. The maximum absolute atomic E-state index is 13.2. The number of pyridine rings is 1. The average molecular weight is 556 g/mol. The molecule has 1 aliphatic carbocycles. The van der Waals surface area contributed by atoms with E-state index in [-0.39, 0.29) is 12.1 Å². The summed E-state index contributed by atoms with van der Waals surface area (Å²) >= 11 is 0. The number of likely N-dealkylation sites (tertiary alicyclic amines) is 1. The van der Waals surface area contributed by atoms with E-state index >= 15 is 0 Å². The number of nitrogens with one attached hydrogen (secondary N) is 1. The molecule has 2 N–H and O–H groups in total. The van der Waals surface area contributed by atoms with Crippen molar-refractivity contribution >= 4 is 11.9 Å². The number of aldehydes is 1. The first-order valence-electron chi connectivity index (χ1n) is 12.9. The zero-order valence-corrected chi connectivity index (χ0v) is 21.7. The van der Waals surface area contributed by atoms with Gasteiger partial charge >= 0.3 is 6.18 Å². The second-order valence-electron chi connectivity index (χ2n) is 9.61. The number of β-amino-alcohol motifs (C(OH)–C–C–N with tert-alkyl or cyclic N) is 1. The van der Waals surface area contributed by atoms with E-state index in [0.717, 1.165) is 24.5 Å². The van der Waals surface area contributed by atoms with E-state index in [1.807, 2.05) is 0 Å². The number of aromatic nitrogens is 3. The van der Waals surface area contributed by atoms with Crippen molar-refractivity contribution in [1.29, 1.82) is 0 Å². The van der Waals surface area contributed by atoms with Crippen LogP contribution in [0.4, 0.5) is 22.0 Å². The largest absolute Gasteiger partial charge is 0.419 e. The van der Waals surface area contributed by atoms with Crippen LogP contribution in [0.25, 0.3) is 5.65 Å². The summed E-state index contributed by atoms with van der Waals surface area (Å²) in [5.74, 6) is -1.20. The number of halogens is 5. The Kier molecular flexibility index (Phi) is 11.3. The fourth-order valence-electron chi connectivity index (χ4n) is 4.73. The molecule has 2 atom stereocenters. The fourth-order valence-corrected chi connectivity index (χ4v) is 4.73. The van der Waals surface area contributed by atoms with Crippen molar-refractivity contribution in [2.75, 3.05) is 20.1 Å². The molecular formula is C27H34F5N5O2. The van der Waals surface area contributed by atoms with Crippen LogP contribution < -0.4 is 5.32 Å². The minimum absolute atomic E-state index is 0.0160. The van der Waals surface area contributed by atoms with Gasteiger partial charge in [0.05, 0.1) is 11.7 Å². The number of piperidine rings is 1. The maximum Gasteiger partial charge on any atom is 0.419 e. The Bertz CT molecular complexity index is 1180. The molecule has 12 heteroatoms. The second-order valence-corrected chi connectivity index (χ2v) is 9.61. The Hall–Kier alpha value is -2.96. The molecule has 39 heavy (non-hydrogen) atoms. The molecule has 214 valence electrons. The Morgan fingerprint density at radius 2 is 1.87 bits per heavy atom. The first-order chi connectivity index (χ1) is 18.6. The number of benzene rings is 1. The minimum atomic E-state index is -4.63. The van der Waals surface area contributed by atoms with Crippen LogP contribution in [0.1, 0.15) is 60.0 Å². The Labute approximate surface area is 224 Å². The number of carbonyl (C=O) groups excluding carboxylic acids is 1. The van der Waals surface area contributed by atoms with Gasteiger partial charge in [-0.25, -0.2) is 18.3 Å². The van der Waals surface area contributed by atoms with E-state index in [9.17, 15) is 31.9 Å². The number of alkyl halides is 4. The smallest absolute Gasteiger partial charge is 0.389 e. The number of aliphatic hydroxyl groups excluding tert-OH is 1. The summed E-state index contributed by atoms with van der Waals surface area (Å²) in [6.45, 7) is 1.46. The van der Waals surface area contributed by atoms with Crippen molar-refractivity contribution in [3.63, 3.8) is 0 Å². The topological polar surface area (TPSA) is 82.8 Å². The van der Waals surface area contributed by atoms with Gasteiger partial charge in [-0.3, -0.25) is 9.69 Å². The van der Waals surface area contributed by atoms with Crippen LogP contribution in [-0.2, 0) is 12.7 Å². The molecule has 0 radical (unpaired) electrons. The average Bonchev–Trinajstić information content (AvgIpc) is 3.40. The number of rotatable bonds is 4. The van der Waals surface area contributed by atoms with Gasteiger partial charge in [-0.15, -0.1) is 0 Å². The minimum Gasteiger partial charge on any atom is -0.389 e. The lowest BCUT2D eigenvalue weighted by atomic mass is 9.92. The van der Waals surface area contributed by atoms with Gasteiger partial charge in [-0.05, 0) is 44.5 Å². The van der Waals surface area contributed by atoms with Crippen LogP contribution in [0, 0.1) is 5.82 Å². The van der Waals surface area contributed by atoms with Gasteiger partial charge in [-0.1, -0.05) is 31.4 Å². The molecule has 2 aromatic heterocycles. The standard InChI is InChI=1S/C11H20FNO.C9H9F4N.C7H5N3O/c12-10-6-7-13(8-11(10)14)9-4-2-1-3-5-9;1-14-5-6-3-2-4-7(8(6)10)9(11,12)13;11-4-6-1-2-7-8-5-9-10(7)3-6/h9-11,14H,1-8H2;2-4,14H,5H2,1H3;1-5H. The highest BCUT2D eigenvalue weighted by atomic mass is 19.4. The van der Waals surface area contributed by atoms with Gasteiger partial charge in [0.2, 0.25) is 0 Å². The highest BCUT2D eigenvalue weighted by molar-refractivity contribution is 5.74. The molecule has 2 unspecified atom stereocenters. The van der Waals surface area contributed by atoms with Crippen LogP contribution in [0.15, 0.2) is 42.9 Å². The third-order valence-corrected chi connectivity index (χ3v) is 6.81. The first kappa shape index (κ1) is 30.6. The molecular weight excluding hydrogens is 521 g/mol. The Balaban J connectivity index is 0.000000163. The molecule has 3 heterocycles. The summed E-state index contributed by atoms with van der Waals surface area (Å²) in [6.07, 6.45) is 4.44. The molecule has 3 aromatic rings. The summed E-state index contributed by atoms with van der Waals surface area (Å²) in [4.78, 5) is 16.5. The third-order valence-electron chi connectivity index (χ3n) is 6.81. The van der Waals surface area contributed by atoms with Crippen molar-refractivity contribution in [3.8, 4) is 0 Å². The van der Waals surface area contributed by atoms with Crippen molar-refractivity contribution in [2.24, 2.45) is 0 Å². The summed E-state index contributed by atoms with van der Waals surface area (Å²) in [6, 6.07) is 7.31. The fraction of sp³-hybridized carbons (Fsp3) is 0.519. The SMILES string of the molecule is CNCc1cccc(C(F)(F)F)c1F.O=Cc1ccc2ncnn2c1.OC1CN(C2CCCCC2)CCC1F. The molecule has 0 spiro atoms. The number of carbonyl (C=O) groups is 1. The van der Waals surface area contributed by atoms with Crippen LogP contribution >= 0.6 is 0 Å². The summed E-state index contributed by atoms with van der Waals surface area (Å²) in [7, 11) is 1.54. The quantitative estimate of drug-likeness (QED) is 0.355. The Morgan fingerprint density at radius 1 is 1.13 bits per heavy atom. The predicted octanol–water partition coefficient (Wildman–Crippen LogP) is 4.83. The molecule has 1 aliphatic heterocycles. The van der Waals surface area contributed by atoms with Crippen LogP contribution in [0.5, 0.6) is 0 Å². The molecule has 1 saturated heterocycles. The molecule has 2 fully saturated rings. The summed E-state index contributed by atoms with van der Waals surface area (Å²) in [5.41, 5.74) is 0.145. The monoisotopic (exact) mass is 555 g/mol. The highest BCUT2D eigenvalue weighted by Crippen LogP contribution is 2.32.